The molecule has 0 aliphatic carbocycles. The fraction of sp³-hybridized carbons (Fsp3) is 0.389. The van der Waals surface area contributed by atoms with Crippen LogP contribution in [-0.4, -0.2) is 47.1 Å². The SMILES string of the molecule is COc1ccc(Nc2nc(N3CCCC3)c3cnn(C)c3n2)cc1OC. The van der Waals surface area contributed by atoms with E-state index in [1.54, 1.807) is 18.9 Å². The van der Waals surface area contributed by atoms with E-state index in [1.165, 1.54) is 12.8 Å². The van der Waals surface area contributed by atoms with E-state index in [0.29, 0.717) is 17.4 Å². The second-order valence-electron chi connectivity index (χ2n) is 6.27. The zero-order valence-electron chi connectivity index (χ0n) is 15.2. The number of benzene rings is 1. The lowest BCUT2D eigenvalue weighted by Crippen LogP contribution is -2.20. The second kappa shape index (κ2) is 6.70. The molecule has 3 aromatic rings. The largest absolute Gasteiger partial charge is 0.493 e. The summed E-state index contributed by atoms with van der Waals surface area (Å²) in [6.07, 6.45) is 4.21. The van der Waals surface area contributed by atoms with Gasteiger partial charge in [-0.2, -0.15) is 15.1 Å². The lowest BCUT2D eigenvalue weighted by molar-refractivity contribution is 0.355. The Balaban J connectivity index is 1.73. The third kappa shape index (κ3) is 2.87. The molecule has 1 saturated heterocycles. The zero-order valence-corrected chi connectivity index (χ0v) is 15.2. The van der Waals surface area contributed by atoms with E-state index >= 15 is 0 Å². The maximum atomic E-state index is 5.37. The number of nitrogens with zero attached hydrogens (tertiary/aromatic N) is 5. The van der Waals surface area contributed by atoms with Crippen molar-refractivity contribution in [3.63, 3.8) is 0 Å². The smallest absolute Gasteiger partial charge is 0.231 e. The summed E-state index contributed by atoms with van der Waals surface area (Å²) in [6.45, 7) is 2.02. The van der Waals surface area contributed by atoms with Crippen molar-refractivity contribution in [3.05, 3.63) is 24.4 Å². The molecule has 26 heavy (non-hydrogen) atoms. The average Bonchev–Trinajstić information content (AvgIpc) is 3.32. The van der Waals surface area contributed by atoms with Crippen molar-refractivity contribution in [2.24, 2.45) is 7.05 Å². The molecule has 136 valence electrons. The quantitative estimate of drug-likeness (QED) is 0.755. The Morgan fingerprint density at radius 1 is 1.04 bits per heavy atom. The molecular formula is C18H22N6O2. The van der Waals surface area contributed by atoms with E-state index in [4.69, 9.17) is 14.5 Å². The summed E-state index contributed by atoms with van der Waals surface area (Å²) in [4.78, 5) is 11.7. The van der Waals surface area contributed by atoms with E-state index < -0.39 is 0 Å². The van der Waals surface area contributed by atoms with Gasteiger partial charge in [0.15, 0.2) is 17.1 Å². The molecule has 8 heteroatoms. The van der Waals surface area contributed by atoms with Gasteiger partial charge in [0, 0.05) is 31.9 Å². The number of ether oxygens (including phenoxy) is 2. The molecule has 0 saturated carbocycles. The number of hydrogen-bond donors (Lipinski definition) is 1. The second-order valence-corrected chi connectivity index (χ2v) is 6.27. The number of aryl methyl sites for hydroxylation is 1. The predicted molar refractivity (Wildman–Crippen MR) is 101 cm³/mol. The van der Waals surface area contributed by atoms with Crippen LogP contribution in [0.1, 0.15) is 12.8 Å². The van der Waals surface area contributed by atoms with Crippen LogP contribution in [0.25, 0.3) is 11.0 Å². The van der Waals surface area contributed by atoms with Crippen LogP contribution in [-0.2, 0) is 7.05 Å². The molecule has 8 nitrogen and oxygen atoms in total. The first kappa shape index (κ1) is 16.4. The molecular weight excluding hydrogens is 332 g/mol. The summed E-state index contributed by atoms with van der Waals surface area (Å²) >= 11 is 0. The van der Waals surface area contributed by atoms with Gasteiger partial charge < -0.3 is 19.7 Å². The highest BCUT2D eigenvalue weighted by atomic mass is 16.5. The molecule has 0 atom stereocenters. The normalized spacial score (nSPS) is 14.0. The minimum absolute atomic E-state index is 0.537. The molecule has 3 heterocycles. The van der Waals surface area contributed by atoms with Crippen LogP contribution < -0.4 is 19.7 Å². The Morgan fingerprint density at radius 2 is 1.81 bits per heavy atom. The molecule has 1 aliphatic rings. The fourth-order valence-corrected chi connectivity index (χ4v) is 3.28. The van der Waals surface area contributed by atoms with E-state index in [9.17, 15) is 0 Å². The van der Waals surface area contributed by atoms with Crippen LogP contribution in [0, 0.1) is 0 Å². The number of anilines is 3. The van der Waals surface area contributed by atoms with Crippen molar-refractivity contribution in [1.82, 2.24) is 19.7 Å². The molecule has 0 amide bonds. The number of aromatic nitrogens is 4. The van der Waals surface area contributed by atoms with Crippen molar-refractivity contribution < 1.29 is 9.47 Å². The highest BCUT2D eigenvalue weighted by Gasteiger charge is 2.20. The summed E-state index contributed by atoms with van der Waals surface area (Å²) in [6, 6.07) is 5.63. The van der Waals surface area contributed by atoms with E-state index in [-0.39, 0.29) is 0 Å². The van der Waals surface area contributed by atoms with E-state index in [1.807, 2.05) is 31.4 Å². The van der Waals surface area contributed by atoms with Crippen molar-refractivity contribution in [2.45, 2.75) is 12.8 Å². The third-order valence-electron chi connectivity index (χ3n) is 4.62. The lowest BCUT2D eigenvalue weighted by atomic mass is 10.2. The summed E-state index contributed by atoms with van der Waals surface area (Å²) in [5, 5.41) is 8.61. The monoisotopic (exact) mass is 354 g/mol. The highest BCUT2D eigenvalue weighted by Crippen LogP contribution is 2.32. The van der Waals surface area contributed by atoms with Gasteiger partial charge in [0.2, 0.25) is 5.95 Å². The summed E-state index contributed by atoms with van der Waals surface area (Å²) in [5.41, 5.74) is 1.64. The first-order chi connectivity index (χ1) is 12.7. The first-order valence-electron chi connectivity index (χ1n) is 8.63. The Morgan fingerprint density at radius 3 is 2.54 bits per heavy atom. The standard InChI is InChI=1S/C18H22N6O2/c1-23-16-13(11-19-23)17(24-8-4-5-9-24)22-18(21-16)20-12-6-7-14(25-2)15(10-12)26-3/h6-7,10-11H,4-5,8-9H2,1-3H3,(H,20,21,22). The van der Waals surface area contributed by atoms with Crippen LogP contribution in [0.5, 0.6) is 11.5 Å². The zero-order chi connectivity index (χ0) is 18.1. The lowest BCUT2D eigenvalue weighted by Gasteiger charge is -2.18. The van der Waals surface area contributed by atoms with Gasteiger partial charge in [-0.15, -0.1) is 0 Å². The van der Waals surface area contributed by atoms with Gasteiger partial charge in [-0.05, 0) is 25.0 Å². The predicted octanol–water partition coefficient (Wildman–Crippen LogP) is 2.72. The topological polar surface area (TPSA) is 77.3 Å². The van der Waals surface area contributed by atoms with Crippen LogP contribution in [0.2, 0.25) is 0 Å². The van der Waals surface area contributed by atoms with Gasteiger partial charge >= 0.3 is 0 Å². The molecule has 1 aromatic carbocycles. The Kier molecular flexibility index (Phi) is 4.24. The molecule has 0 spiro atoms. The van der Waals surface area contributed by atoms with Crippen molar-refractivity contribution in [1.29, 1.82) is 0 Å². The number of nitrogens with one attached hydrogen (secondary N) is 1. The number of rotatable bonds is 5. The summed E-state index contributed by atoms with van der Waals surface area (Å²) in [5.74, 6) is 2.80. The van der Waals surface area contributed by atoms with Gasteiger partial charge in [0.25, 0.3) is 0 Å². The van der Waals surface area contributed by atoms with Gasteiger partial charge in [-0.1, -0.05) is 0 Å². The number of hydrogen-bond acceptors (Lipinski definition) is 7. The van der Waals surface area contributed by atoms with Crippen LogP contribution in [0.4, 0.5) is 17.5 Å². The van der Waals surface area contributed by atoms with Gasteiger partial charge in [0.05, 0.1) is 25.8 Å². The molecule has 1 aliphatic heterocycles. The van der Waals surface area contributed by atoms with E-state index in [2.05, 4.69) is 20.3 Å². The molecule has 1 N–H and O–H groups in total. The van der Waals surface area contributed by atoms with Gasteiger partial charge in [-0.25, -0.2) is 0 Å². The van der Waals surface area contributed by atoms with E-state index in [0.717, 1.165) is 35.6 Å². The average molecular weight is 354 g/mol. The number of fused-ring (bicyclic) bond motifs is 1. The molecule has 4 rings (SSSR count). The Labute approximate surface area is 151 Å². The van der Waals surface area contributed by atoms with Crippen molar-refractivity contribution in [2.75, 3.05) is 37.5 Å². The molecule has 2 aromatic heterocycles. The van der Waals surface area contributed by atoms with Crippen molar-refractivity contribution in [3.8, 4) is 11.5 Å². The minimum Gasteiger partial charge on any atom is -0.493 e. The number of methoxy groups -OCH3 is 2. The molecule has 0 bridgehead atoms. The van der Waals surface area contributed by atoms with Gasteiger partial charge in [-0.3, -0.25) is 4.68 Å². The summed E-state index contributed by atoms with van der Waals surface area (Å²) in [7, 11) is 5.13. The fourth-order valence-electron chi connectivity index (χ4n) is 3.28. The molecule has 1 fully saturated rings. The van der Waals surface area contributed by atoms with Gasteiger partial charge in [0.1, 0.15) is 5.82 Å². The summed E-state index contributed by atoms with van der Waals surface area (Å²) < 4.78 is 12.4. The van der Waals surface area contributed by atoms with Crippen LogP contribution in [0.3, 0.4) is 0 Å². The molecule has 0 radical (unpaired) electrons. The van der Waals surface area contributed by atoms with Crippen LogP contribution >= 0.6 is 0 Å². The first-order valence-corrected chi connectivity index (χ1v) is 8.63. The third-order valence-corrected chi connectivity index (χ3v) is 4.62. The van der Waals surface area contributed by atoms with Crippen LogP contribution in [0.15, 0.2) is 24.4 Å². The maximum Gasteiger partial charge on any atom is 0.231 e. The minimum atomic E-state index is 0.537. The maximum absolute atomic E-state index is 5.37. The van der Waals surface area contributed by atoms with Crippen molar-refractivity contribution >= 4 is 28.5 Å². The highest BCUT2D eigenvalue weighted by molar-refractivity contribution is 5.88. The Bertz CT molecular complexity index is 933. The Hall–Kier alpha value is -3.03. The molecule has 0 unspecified atom stereocenters.